The van der Waals surface area contributed by atoms with Gasteiger partial charge in [0.05, 0.1) is 0 Å². The lowest BCUT2D eigenvalue weighted by atomic mass is 10.2. The van der Waals surface area contributed by atoms with Crippen LogP contribution < -0.4 is 5.32 Å². The normalized spacial score (nSPS) is 14.5. The van der Waals surface area contributed by atoms with Gasteiger partial charge in [-0.15, -0.1) is 0 Å². The highest BCUT2D eigenvalue weighted by atomic mass is 19.1. The van der Waals surface area contributed by atoms with Crippen molar-refractivity contribution in [2.75, 3.05) is 0 Å². The van der Waals surface area contributed by atoms with E-state index < -0.39 is 0 Å². The standard InChI is InChI=1S/C14H12FNO2/c15-10-3-1-9(2-4-10)12-7-8-13(18-12)14(17)16-11-5-6-11/h1-4,7-8,11H,5-6H2,(H,16,17). The molecule has 0 spiro atoms. The van der Waals surface area contributed by atoms with E-state index in [4.69, 9.17) is 4.42 Å². The summed E-state index contributed by atoms with van der Waals surface area (Å²) in [6, 6.07) is 9.62. The van der Waals surface area contributed by atoms with Crippen LogP contribution in [0.1, 0.15) is 23.4 Å². The molecule has 4 heteroatoms. The van der Waals surface area contributed by atoms with E-state index in [1.54, 1.807) is 24.3 Å². The van der Waals surface area contributed by atoms with Gasteiger partial charge in [-0.05, 0) is 49.2 Å². The van der Waals surface area contributed by atoms with E-state index in [9.17, 15) is 9.18 Å². The summed E-state index contributed by atoms with van der Waals surface area (Å²) in [5.41, 5.74) is 0.752. The maximum absolute atomic E-state index is 12.8. The van der Waals surface area contributed by atoms with Gasteiger partial charge in [-0.2, -0.15) is 0 Å². The molecule has 1 heterocycles. The molecule has 0 aliphatic heterocycles. The first kappa shape index (κ1) is 11.0. The fourth-order valence-corrected chi connectivity index (χ4v) is 1.71. The molecule has 0 unspecified atom stereocenters. The largest absolute Gasteiger partial charge is 0.451 e. The number of carbonyl (C=O) groups is 1. The maximum atomic E-state index is 12.8. The van der Waals surface area contributed by atoms with E-state index in [-0.39, 0.29) is 11.7 Å². The number of nitrogens with one attached hydrogen (secondary N) is 1. The smallest absolute Gasteiger partial charge is 0.287 e. The fraction of sp³-hybridized carbons (Fsp3) is 0.214. The Morgan fingerprint density at radius 1 is 1.17 bits per heavy atom. The van der Waals surface area contributed by atoms with Crippen molar-refractivity contribution in [1.82, 2.24) is 5.32 Å². The molecule has 1 aromatic heterocycles. The van der Waals surface area contributed by atoms with Crippen molar-refractivity contribution >= 4 is 5.91 Å². The van der Waals surface area contributed by atoms with E-state index in [1.165, 1.54) is 12.1 Å². The molecule has 0 radical (unpaired) electrons. The Kier molecular flexibility index (Phi) is 2.63. The Hall–Kier alpha value is -2.10. The molecule has 1 saturated carbocycles. The van der Waals surface area contributed by atoms with E-state index in [2.05, 4.69) is 5.32 Å². The number of carbonyl (C=O) groups excluding carboxylic acids is 1. The zero-order chi connectivity index (χ0) is 12.5. The van der Waals surface area contributed by atoms with Crippen LogP contribution in [0.25, 0.3) is 11.3 Å². The summed E-state index contributed by atoms with van der Waals surface area (Å²) >= 11 is 0. The van der Waals surface area contributed by atoms with Gasteiger partial charge in [0.15, 0.2) is 5.76 Å². The van der Waals surface area contributed by atoms with E-state index in [1.807, 2.05) is 0 Å². The molecule has 3 rings (SSSR count). The molecule has 1 fully saturated rings. The highest BCUT2D eigenvalue weighted by Crippen LogP contribution is 2.24. The van der Waals surface area contributed by atoms with Crippen molar-refractivity contribution in [2.24, 2.45) is 0 Å². The number of furan rings is 1. The van der Waals surface area contributed by atoms with Gasteiger partial charge in [0.2, 0.25) is 0 Å². The van der Waals surface area contributed by atoms with Gasteiger partial charge in [-0.1, -0.05) is 0 Å². The van der Waals surface area contributed by atoms with Gasteiger partial charge in [-0.3, -0.25) is 4.79 Å². The average Bonchev–Trinajstić information content (AvgIpc) is 3.04. The first-order valence-electron chi connectivity index (χ1n) is 5.89. The summed E-state index contributed by atoms with van der Waals surface area (Å²) < 4.78 is 18.3. The molecule has 1 aromatic carbocycles. The van der Waals surface area contributed by atoms with Gasteiger partial charge in [0.1, 0.15) is 11.6 Å². The summed E-state index contributed by atoms with van der Waals surface area (Å²) in [6.07, 6.45) is 2.08. The summed E-state index contributed by atoms with van der Waals surface area (Å²) in [7, 11) is 0. The molecule has 0 atom stereocenters. The lowest BCUT2D eigenvalue weighted by molar-refractivity contribution is 0.0924. The Morgan fingerprint density at radius 3 is 2.56 bits per heavy atom. The minimum atomic E-state index is -0.294. The van der Waals surface area contributed by atoms with Gasteiger partial charge in [0.25, 0.3) is 5.91 Å². The first-order chi connectivity index (χ1) is 8.72. The average molecular weight is 245 g/mol. The number of amides is 1. The Morgan fingerprint density at radius 2 is 1.89 bits per heavy atom. The summed E-state index contributed by atoms with van der Waals surface area (Å²) in [5, 5.41) is 2.85. The summed E-state index contributed by atoms with van der Waals surface area (Å²) in [6.45, 7) is 0. The quantitative estimate of drug-likeness (QED) is 0.903. The van der Waals surface area contributed by atoms with Crippen LogP contribution in [0.15, 0.2) is 40.8 Å². The van der Waals surface area contributed by atoms with E-state index in [0.717, 1.165) is 18.4 Å². The number of rotatable bonds is 3. The second-order valence-electron chi connectivity index (χ2n) is 4.42. The van der Waals surface area contributed by atoms with Gasteiger partial charge in [0, 0.05) is 11.6 Å². The van der Waals surface area contributed by atoms with Crippen molar-refractivity contribution < 1.29 is 13.6 Å². The number of hydrogen-bond donors (Lipinski definition) is 1. The van der Waals surface area contributed by atoms with Crippen LogP contribution in [0.5, 0.6) is 0 Å². The highest BCUT2D eigenvalue weighted by molar-refractivity contribution is 5.92. The van der Waals surface area contributed by atoms with Crippen molar-refractivity contribution in [3.63, 3.8) is 0 Å². The molecule has 1 N–H and O–H groups in total. The molecular weight excluding hydrogens is 233 g/mol. The van der Waals surface area contributed by atoms with Crippen molar-refractivity contribution in [2.45, 2.75) is 18.9 Å². The minimum absolute atomic E-state index is 0.189. The van der Waals surface area contributed by atoms with Crippen LogP contribution in [-0.2, 0) is 0 Å². The topological polar surface area (TPSA) is 42.2 Å². The molecule has 18 heavy (non-hydrogen) atoms. The predicted molar refractivity (Wildman–Crippen MR) is 64.6 cm³/mol. The molecule has 1 amide bonds. The zero-order valence-electron chi connectivity index (χ0n) is 9.65. The molecule has 3 nitrogen and oxygen atoms in total. The summed E-state index contributed by atoms with van der Waals surface area (Å²) in [5.74, 6) is 0.375. The predicted octanol–water partition coefficient (Wildman–Crippen LogP) is 2.98. The van der Waals surface area contributed by atoms with Crippen molar-refractivity contribution in [1.29, 1.82) is 0 Å². The van der Waals surface area contributed by atoms with Crippen LogP contribution in [-0.4, -0.2) is 11.9 Å². The highest BCUT2D eigenvalue weighted by Gasteiger charge is 2.25. The number of hydrogen-bond acceptors (Lipinski definition) is 2. The van der Waals surface area contributed by atoms with E-state index in [0.29, 0.717) is 17.6 Å². The van der Waals surface area contributed by atoms with Gasteiger partial charge >= 0.3 is 0 Å². The lowest BCUT2D eigenvalue weighted by Crippen LogP contribution is -2.24. The molecule has 0 saturated heterocycles. The monoisotopic (exact) mass is 245 g/mol. The Labute approximate surface area is 104 Å². The van der Waals surface area contributed by atoms with Crippen LogP contribution in [0.4, 0.5) is 4.39 Å². The van der Waals surface area contributed by atoms with Crippen LogP contribution >= 0.6 is 0 Å². The van der Waals surface area contributed by atoms with Gasteiger partial charge in [-0.25, -0.2) is 4.39 Å². The van der Waals surface area contributed by atoms with Crippen molar-refractivity contribution in [3.8, 4) is 11.3 Å². The van der Waals surface area contributed by atoms with E-state index >= 15 is 0 Å². The van der Waals surface area contributed by atoms with Crippen molar-refractivity contribution in [3.05, 3.63) is 48.0 Å². The number of halogens is 1. The summed E-state index contributed by atoms with van der Waals surface area (Å²) in [4.78, 5) is 11.7. The minimum Gasteiger partial charge on any atom is -0.451 e. The second kappa shape index (κ2) is 4.29. The first-order valence-corrected chi connectivity index (χ1v) is 5.89. The maximum Gasteiger partial charge on any atom is 0.287 e. The third kappa shape index (κ3) is 2.27. The van der Waals surface area contributed by atoms with Gasteiger partial charge < -0.3 is 9.73 Å². The van der Waals surface area contributed by atoms with Crippen LogP contribution in [0.3, 0.4) is 0 Å². The molecule has 92 valence electrons. The molecule has 1 aliphatic rings. The zero-order valence-corrected chi connectivity index (χ0v) is 9.65. The fourth-order valence-electron chi connectivity index (χ4n) is 1.71. The third-order valence-electron chi connectivity index (χ3n) is 2.87. The Balaban J connectivity index is 1.79. The SMILES string of the molecule is O=C(NC1CC1)c1ccc(-c2ccc(F)cc2)o1. The molecule has 0 bridgehead atoms. The third-order valence-corrected chi connectivity index (χ3v) is 2.87. The van der Waals surface area contributed by atoms with Crippen LogP contribution in [0.2, 0.25) is 0 Å². The molecule has 1 aliphatic carbocycles. The lowest BCUT2D eigenvalue weighted by Gasteiger charge is -1.99. The molecule has 2 aromatic rings. The second-order valence-corrected chi connectivity index (χ2v) is 4.42. The molecular formula is C14H12FNO2. The Bertz CT molecular complexity index is 570. The van der Waals surface area contributed by atoms with Crippen LogP contribution in [0, 0.1) is 5.82 Å². The number of benzene rings is 1.